The molecule has 2 fully saturated rings. The van der Waals surface area contributed by atoms with Crippen LogP contribution in [0.2, 0.25) is 0 Å². The fourth-order valence-corrected chi connectivity index (χ4v) is 3.01. The molecule has 0 bridgehead atoms. The summed E-state index contributed by atoms with van der Waals surface area (Å²) in [7, 11) is 2.12. The second kappa shape index (κ2) is 6.50. The standard InChI is InChI=1S/C14H25NO2/c1-15(11-13-7-5-9-17-13)10-12-6-3-2-4-8-14(12)16/h12-13H,2-11H2,1H3. The van der Waals surface area contributed by atoms with Crippen LogP contribution >= 0.6 is 0 Å². The predicted octanol–water partition coefficient (Wildman–Crippen LogP) is 2.25. The smallest absolute Gasteiger partial charge is 0.137 e. The van der Waals surface area contributed by atoms with Crippen LogP contribution in [0.15, 0.2) is 0 Å². The van der Waals surface area contributed by atoms with E-state index in [1.807, 2.05) is 0 Å². The fourth-order valence-electron chi connectivity index (χ4n) is 3.01. The van der Waals surface area contributed by atoms with Crippen molar-refractivity contribution < 1.29 is 9.53 Å². The van der Waals surface area contributed by atoms with Gasteiger partial charge in [0.2, 0.25) is 0 Å². The Morgan fingerprint density at radius 2 is 2.06 bits per heavy atom. The summed E-state index contributed by atoms with van der Waals surface area (Å²) >= 11 is 0. The molecule has 2 unspecified atom stereocenters. The lowest BCUT2D eigenvalue weighted by atomic mass is 9.98. The fraction of sp³-hybridized carbons (Fsp3) is 0.929. The first kappa shape index (κ1) is 13.0. The molecule has 98 valence electrons. The molecule has 0 aromatic rings. The van der Waals surface area contributed by atoms with E-state index in [0.717, 1.165) is 39.0 Å². The highest BCUT2D eigenvalue weighted by Crippen LogP contribution is 2.21. The Labute approximate surface area is 105 Å². The number of rotatable bonds is 4. The van der Waals surface area contributed by atoms with Crippen LogP contribution < -0.4 is 0 Å². The van der Waals surface area contributed by atoms with Crippen molar-refractivity contribution in [3.63, 3.8) is 0 Å². The maximum absolute atomic E-state index is 11.9. The van der Waals surface area contributed by atoms with E-state index in [9.17, 15) is 4.79 Å². The van der Waals surface area contributed by atoms with E-state index in [0.29, 0.717) is 11.9 Å². The first-order valence-electron chi connectivity index (χ1n) is 7.08. The first-order valence-corrected chi connectivity index (χ1v) is 7.08. The molecule has 0 amide bonds. The molecule has 2 rings (SSSR count). The summed E-state index contributed by atoms with van der Waals surface area (Å²) in [6.07, 6.45) is 8.24. The minimum absolute atomic E-state index is 0.281. The molecule has 3 nitrogen and oxygen atoms in total. The number of carbonyl (C=O) groups excluding carboxylic acids is 1. The van der Waals surface area contributed by atoms with Gasteiger partial charge in [-0.05, 0) is 32.7 Å². The summed E-state index contributed by atoms with van der Waals surface area (Å²) in [4.78, 5) is 14.2. The van der Waals surface area contributed by atoms with Crippen molar-refractivity contribution >= 4 is 5.78 Å². The summed E-state index contributed by atoms with van der Waals surface area (Å²) in [6, 6.07) is 0. The summed E-state index contributed by atoms with van der Waals surface area (Å²) in [5.41, 5.74) is 0. The number of nitrogens with zero attached hydrogens (tertiary/aromatic N) is 1. The predicted molar refractivity (Wildman–Crippen MR) is 68.1 cm³/mol. The van der Waals surface area contributed by atoms with Gasteiger partial charge < -0.3 is 9.64 Å². The minimum atomic E-state index is 0.281. The number of hydrogen-bond acceptors (Lipinski definition) is 3. The number of ketones is 1. The van der Waals surface area contributed by atoms with Gasteiger partial charge in [0.1, 0.15) is 5.78 Å². The topological polar surface area (TPSA) is 29.5 Å². The molecule has 1 saturated heterocycles. The van der Waals surface area contributed by atoms with E-state index in [2.05, 4.69) is 11.9 Å². The monoisotopic (exact) mass is 239 g/mol. The lowest BCUT2D eigenvalue weighted by Gasteiger charge is -2.24. The SMILES string of the molecule is CN(CC1CCCO1)CC1CCCCCC1=O. The van der Waals surface area contributed by atoms with Crippen LogP contribution in [0.1, 0.15) is 44.9 Å². The van der Waals surface area contributed by atoms with Gasteiger partial charge in [0, 0.05) is 32.0 Å². The normalized spacial score (nSPS) is 30.8. The van der Waals surface area contributed by atoms with Crippen molar-refractivity contribution in [1.82, 2.24) is 4.90 Å². The number of likely N-dealkylation sites (N-methyl/N-ethyl adjacent to an activating group) is 1. The third kappa shape index (κ3) is 4.07. The highest BCUT2D eigenvalue weighted by molar-refractivity contribution is 5.81. The van der Waals surface area contributed by atoms with E-state index in [-0.39, 0.29) is 5.92 Å². The number of hydrogen-bond donors (Lipinski definition) is 0. The average Bonchev–Trinajstić information content (AvgIpc) is 2.71. The van der Waals surface area contributed by atoms with Crippen molar-refractivity contribution in [2.45, 2.75) is 51.0 Å². The molecule has 0 spiro atoms. The van der Waals surface area contributed by atoms with Crippen LogP contribution in [0.5, 0.6) is 0 Å². The Morgan fingerprint density at radius 3 is 2.82 bits per heavy atom. The van der Waals surface area contributed by atoms with Crippen LogP contribution in [-0.2, 0) is 9.53 Å². The van der Waals surface area contributed by atoms with Gasteiger partial charge in [-0.2, -0.15) is 0 Å². The van der Waals surface area contributed by atoms with Gasteiger partial charge in [-0.25, -0.2) is 0 Å². The Morgan fingerprint density at radius 1 is 1.18 bits per heavy atom. The number of carbonyl (C=O) groups is 1. The van der Waals surface area contributed by atoms with Crippen LogP contribution in [0.25, 0.3) is 0 Å². The molecule has 17 heavy (non-hydrogen) atoms. The number of ether oxygens (including phenoxy) is 1. The Bertz CT molecular complexity index is 249. The molecule has 0 aromatic heterocycles. The minimum Gasteiger partial charge on any atom is -0.377 e. The van der Waals surface area contributed by atoms with Crippen LogP contribution in [0.3, 0.4) is 0 Å². The molecule has 2 atom stereocenters. The zero-order valence-corrected chi connectivity index (χ0v) is 11.0. The van der Waals surface area contributed by atoms with Crippen molar-refractivity contribution in [1.29, 1.82) is 0 Å². The maximum Gasteiger partial charge on any atom is 0.137 e. The molecule has 1 aliphatic carbocycles. The number of Topliss-reactive ketones (excluding diaryl/α,β-unsaturated/α-hetero) is 1. The molecular weight excluding hydrogens is 214 g/mol. The van der Waals surface area contributed by atoms with Gasteiger partial charge in [-0.1, -0.05) is 12.8 Å². The van der Waals surface area contributed by atoms with Gasteiger partial charge in [0.15, 0.2) is 0 Å². The molecule has 0 N–H and O–H groups in total. The van der Waals surface area contributed by atoms with Gasteiger partial charge >= 0.3 is 0 Å². The quantitative estimate of drug-likeness (QED) is 0.705. The van der Waals surface area contributed by atoms with E-state index in [1.165, 1.54) is 25.7 Å². The zero-order valence-electron chi connectivity index (χ0n) is 11.0. The molecule has 0 radical (unpaired) electrons. The van der Waals surface area contributed by atoms with Crippen molar-refractivity contribution in [3.8, 4) is 0 Å². The third-order valence-electron chi connectivity index (χ3n) is 4.00. The van der Waals surface area contributed by atoms with Crippen LogP contribution in [0.4, 0.5) is 0 Å². The molecule has 3 heteroatoms. The maximum atomic E-state index is 11.9. The summed E-state index contributed by atoms with van der Waals surface area (Å²) in [6.45, 7) is 2.84. The second-order valence-corrected chi connectivity index (χ2v) is 5.62. The van der Waals surface area contributed by atoms with E-state index in [1.54, 1.807) is 0 Å². The van der Waals surface area contributed by atoms with Gasteiger partial charge in [-0.15, -0.1) is 0 Å². The third-order valence-corrected chi connectivity index (χ3v) is 4.00. The molecule has 1 saturated carbocycles. The summed E-state index contributed by atoms with van der Waals surface area (Å²) in [5, 5.41) is 0. The summed E-state index contributed by atoms with van der Waals surface area (Å²) < 4.78 is 5.64. The molecule has 1 aliphatic heterocycles. The molecule has 0 aromatic carbocycles. The highest BCUT2D eigenvalue weighted by Gasteiger charge is 2.24. The summed E-state index contributed by atoms with van der Waals surface area (Å²) in [5.74, 6) is 0.769. The lowest BCUT2D eigenvalue weighted by molar-refractivity contribution is -0.123. The second-order valence-electron chi connectivity index (χ2n) is 5.62. The lowest BCUT2D eigenvalue weighted by Crippen LogP contribution is -2.35. The largest absolute Gasteiger partial charge is 0.377 e. The zero-order chi connectivity index (χ0) is 12.1. The van der Waals surface area contributed by atoms with Gasteiger partial charge in [0.05, 0.1) is 6.10 Å². The Balaban J connectivity index is 1.75. The first-order chi connectivity index (χ1) is 8.25. The van der Waals surface area contributed by atoms with Gasteiger partial charge in [0.25, 0.3) is 0 Å². The molecular formula is C14H25NO2. The molecule has 1 heterocycles. The van der Waals surface area contributed by atoms with Crippen LogP contribution in [-0.4, -0.2) is 43.5 Å². The van der Waals surface area contributed by atoms with E-state index in [4.69, 9.17) is 4.74 Å². The van der Waals surface area contributed by atoms with Crippen molar-refractivity contribution in [2.75, 3.05) is 26.7 Å². The Hall–Kier alpha value is -0.410. The Kier molecular flexibility index (Phi) is 4.99. The van der Waals surface area contributed by atoms with E-state index < -0.39 is 0 Å². The van der Waals surface area contributed by atoms with Crippen LogP contribution in [0, 0.1) is 5.92 Å². The molecule has 2 aliphatic rings. The average molecular weight is 239 g/mol. The van der Waals surface area contributed by atoms with Gasteiger partial charge in [-0.3, -0.25) is 4.79 Å². The van der Waals surface area contributed by atoms with E-state index >= 15 is 0 Å². The van der Waals surface area contributed by atoms with Crippen molar-refractivity contribution in [3.05, 3.63) is 0 Å². The highest BCUT2D eigenvalue weighted by atomic mass is 16.5. The van der Waals surface area contributed by atoms with Crippen molar-refractivity contribution in [2.24, 2.45) is 5.92 Å².